The van der Waals surface area contributed by atoms with Gasteiger partial charge in [0.05, 0.1) is 0 Å². The summed E-state index contributed by atoms with van der Waals surface area (Å²) in [5.74, 6) is 1.17. The Bertz CT molecular complexity index is 1110. The summed E-state index contributed by atoms with van der Waals surface area (Å²) < 4.78 is 5.55. The van der Waals surface area contributed by atoms with E-state index in [-0.39, 0.29) is 17.9 Å². The molecule has 2 atom stereocenters. The highest BCUT2D eigenvalue weighted by atomic mass is 32.1. The summed E-state index contributed by atoms with van der Waals surface area (Å²) in [7, 11) is 0. The number of nitrogens with zero attached hydrogens (tertiary/aromatic N) is 2. The lowest BCUT2D eigenvalue weighted by Gasteiger charge is -2.14. The monoisotopic (exact) mass is 452 g/mol. The van der Waals surface area contributed by atoms with Crippen molar-refractivity contribution in [2.75, 3.05) is 18.4 Å². The Kier molecular flexibility index (Phi) is 5.76. The zero-order valence-corrected chi connectivity index (χ0v) is 18.2. The average molecular weight is 453 g/mol. The van der Waals surface area contributed by atoms with Crippen molar-refractivity contribution in [3.05, 3.63) is 47.1 Å². The van der Waals surface area contributed by atoms with Crippen molar-refractivity contribution in [2.24, 2.45) is 0 Å². The quantitative estimate of drug-likeness (QED) is 0.446. The molecule has 4 heterocycles. The fourth-order valence-electron chi connectivity index (χ4n) is 4.16. The number of aromatic nitrogens is 3. The van der Waals surface area contributed by atoms with Crippen molar-refractivity contribution >= 4 is 35.0 Å². The van der Waals surface area contributed by atoms with Crippen LogP contribution in [-0.2, 0) is 4.74 Å². The van der Waals surface area contributed by atoms with Crippen LogP contribution in [0, 0.1) is 0 Å². The number of carbonyl (C=O) groups excluding carboxylic acids is 2. The first-order valence-electron chi connectivity index (χ1n) is 10.8. The molecular formula is C22H24N6O3S. The molecule has 32 heavy (non-hydrogen) atoms. The van der Waals surface area contributed by atoms with Gasteiger partial charge in [-0.3, -0.25) is 9.89 Å². The molecular weight excluding hydrogens is 428 g/mol. The van der Waals surface area contributed by atoms with Crippen LogP contribution >= 0.6 is 11.3 Å². The third kappa shape index (κ3) is 4.45. The molecule has 6 bridgehead atoms. The first kappa shape index (κ1) is 20.5. The average Bonchev–Trinajstić information content (AvgIpc) is 3.55. The lowest BCUT2D eigenvalue weighted by molar-refractivity contribution is 0.0949. The molecule has 166 valence electrons. The number of amides is 2. The van der Waals surface area contributed by atoms with Gasteiger partial charge in [0.15, 0.2) is 5.82 Å². The molecule has 3 aromatic heterocycles. The van der Waals surface area contributed by atoms with Gasteiger partial charge in [-0.1, -0.05) is 6.07 Å². The smallest absolute Gasteiger partial charge is 0.407 e. The number of aromatic amines is 1. The van der Waals surface area contributed by atoms with E-state index in [4.69, 9.17) is 4.74 Å². The van der Waals surface area contributed by atoms with Gasteiger partial charge in [0, 0.05) is 41.2 Å². The molecule has 4 N–H and O–H groups in total. The number of thiophene rings is 1. The van der Waals surface area contributed by atoms with Crippen molar-refractivity contribution < 1.29 is 14.3 Å². The molecule has 10 heteroatoms. The van der Waals surface area contributed by atoms with Crippen LogP contribution in [0.2, 0.25) is 0 Å². The predicted octanol–water partition coefficient (Wildman–Crippen LogP) is 3.77. The number of nitrogens with one attached hydrogen (secondary N) is 4. The van der Waals surface area contributed by atoms with Gasteiger partial charge in [0.25, 0.3) is 5.91 Å². The van der Waals surface area contributed by atoms with Gasteiger partial charge in [0.2, 0.25) is 0 Å². The zero-order valence-electron chi connectivity index (χ0n) is 17.4. The number of rotatable bonds is 1. The van der Waals surface area contributed by atoms with E-state index in [1.54, 1.807) is 11.3 Å². The van der Waals surface area contributed by atoms with Crippen LogP contribution < -0.4 is 16.0 Å². The normalized spacial score (nSPS) is 21.5. The molecule has 0 aromatic carbocycles. The summed E-state index contributed by atoms with van der Waals surface area (Å²) in [6.45, 7) is 0.836. The fraction of sp³-hybridized carbons (Fsp3) is 0.364. The Balaban J connectivity index is 1.45. The number of hydrogen-bond donors (Lipinski definition) is 4. The second-order valence-corrected chi connectivity index (χ2v) is 8.92. The summed E-state index contributed by atoms with van der Waals surface area (Å²) in [6.07, 6.45) is 2.59. The Labute approximate surface area is 189 Å². The van der Waals surface area contributed by atoms with Crippen LogP contribution in [0.15, 0.2) is 35.7 Å². The maximum atomic E-state index is 12.9. The number of fused-ring (bicyclic) bond motifs is 7. The molecule has 2 amide bonds. The summed E-state index contributed by atoms with van der Waals surface area (Å²) in [6, 6.07) is 9.62. The highest BCUT2D eigenvalue weighted by molar-refractivity contribution is 7.13. The Hall–Kier alpha value is -3.40. The van der Waals surface area contributed by atoms with E-state index in [2.05, 4.69) is 31.1 Å². The molecule has 3 aromatic rings. The highest BCUT2D eigenvalue weighted by Gasteiger charge is 2.30. The summed E-state index contributed by atoms with van der Waals surface area (Å²) in [5, 5.41) is 18.3. The first-order valence-corrected chi connectivity index (χ1v) is 11.6. The molecule has 2 aliphatic rings. The van der Waals surface area contributed by atoms with Gasteiger partial charge in [-0.25, -0.2) is 9.78 Å². The van der Waals surface area contributed by atoms with Crippen molar-refractivity contribution in [1.82, 2.24) is 25.8 Å². The third-order valence-corrected chi connectivity index (χ3v) is 6.66. The van der Waals surface area contributed by atoms with Crippen molar-refractivity contribution in [1.29, 1.82) is 0 Å². The molecule has 0 saturated heterocycles. The first-order chi connectivity index (χ1) is 15.7. The van der Waals surface area contributed by atoms with Crippen LogP contribution in [0.1, 0.15) is 47.8 Å². The van der Waals surface area contributed by atoms with E-state index >= 15 is 0 Å². The van der Waals surface area contributed by atoms with Gasteiger partial charge in [-0.05, 0) is 49.3 Å². The summed E-state index contributed by atoms with van der Waals surface area (Å²) >= 11 is 1.56. The Morgan fingerprint density at radius 3 is 2.84 bits per heavy atom. The Morgan fingerprint density at radius 1 is 1.06 bits per heavy atom. The lowest BCUT2D eigenvalue weighted by atomic mass is 10.0. The highest BCUT2D eigenvalue weighted by Crippen LogP contribution is 2.36. The number of carbonyl (C=O) groups is 2. The molecule has 0 unspecified atom stereocenters. The molecule has 5 rings (SSSR count). The molecule has 1 aliphatic heterocycles. The van der Waals surface area contributed by atoms with Crippen molar-refractivity contribution in [3.63, 3.8) is 0 Å². The lowest BCUT2D eigenvalue weighted by Crippen LogP contribution is -2.32. The van der Waals surface area contributed by atoms with Gasteiger partial charge in [-0.15, -0.1) is 11.3 Å². The SMILES string of the molecule is O=C1NCCCNC(=O)c2nc(ccc2-c2cccs2)Nc2cc([nH]n2)[C@H]2CC[C@H](C2)O1. The van der Waals surface area contributed by atoms with Crippen LogP contribution in [0.5, 0.6) is 0 Å². The fourth-order valence-corrected chi connectivity index (χ4v) is 4.91. The van der Waals surface area contributed by atoms with Gasteiger partial charge in [0.1, 0.15) is 17.6 Å². The maximum absolute atomic E-state index is 12.9. The maximum Gasteiger partial charge on any atom is 0.407 e. The van der Waals surface area contributed by atoms with Crippen LogP contribution in [0.4, 0.5) is 16.4 Å². The van der Waals surface area contributed by atoms with Crippen LogP contribution in [-0.4, -0.2) is 46.4 Å². The van der Waals surface area contributed by atoms with Gasteiger partial charge in [-0.2, -0.15) is 5.10 Å². The number of ether oxygens (including phenoxy) is 1. The minimum absolute atomic E-state index is 0.104. The van der Waals surface area contributed by atoms with Gasteiger partial charge >= 0.3 is 6.09 Å². The van der Waals surface area contributed by atoms with E-state index in [9.17, 15) is 9.59 Å². The van der Waals surface area contributed by atoms with E-state index in [1.165, 1.54) is 0 Å². The van der Waals surface area contributed by atoms with Crippen LogP contribution in [0.25, 0.3) is 10.4 Å². The molecule has 0 radical (unpaired) electrons. The zero-order chi connectivity index (χ0) is 21.9. The largest absolute Gasteiger partial charge is 0.446 e. The van der Waals surface area contributed by atoms with Crippen LogP contribution in [0.3, 0.4) is 0 Å². The van der Waals surface area contributed by atoms with Gasteiger partial charge < -0.3 is 20.7 Å². The second-order valence-electron chi connectivity index (χ2n) is 7.98. The van der Waals surface area contributed by atoms with Crippen molar-refractivity contribution in [3.8, 4) is 10.4 Å². The molecule has 1 fully saturated rings. The van der Waals surface area contributed by atoms with E-state index in [0.29, 0.717) is 36.8 Å². The molecule has 1 saturated carbocycles. The third-order valence-electron chi connectivity index (χ3n) is 5.76. The second kappa shape index (κ2) is 8.99. The number of anilines is 2. The summed E-state index contributed by atoms with van der Waals surface area (Å²) in [5.41, 5.74) is 2.12. The number of hydrogen-bond acceptors (Lipinski definition) is 7. The standard InChI is InChI=1S/C22H24N6O3S/c29-21-20-15(17-3-1-10-32-17)6-7-18(26-20)25-19-12-16(27-28-19)13-4-5-14(11-13)31-22(30)24-9-2-8-23-21/h1,3,6-7,10,12-14H,2,4-5,8-9,11H2,(H,23,29)(H,24,30)(H2,25,26,27,28)/t13-,14+/m0/s1. The minimum Gasteiger partial charge on any atom is -0.446 e. The predicted molar refractivity (Wildman–Crippen MR) is 121 cm³/mol. The molecule has 0 spiro atoms. The minimum atomic E-state index is -0.413. The van der Waals surface area contributed by atoms with E-state index in [1.807, 2.05) is 35.7 Å². The Morgan fingerprint density at radius 2 is 1.97 bits per heavy atom. The topological polar surface area (TPSA) is 121 Å². The summed E-state index contributed by atoms with van der Waals surface area (Å²) in [4.78, 5) is 30.6. The van der Waals surface area contributed by atoms with E-state index in [0.717, 1.165) is 35.4 Å². The molecule has 1 aliphatic carbocycles. The van der Waals surface area contributed by atoms with E-state index < -0.39 is 6.09 Å². The molecule has 9 nitrogen and oxygen atoms in total. The number of alkyl carbamates (subject to hydrolysis) is 1. The number of H-pyrrole nitrogens is 1. The van der Waals surface area contributed by atoms with Crippen molar-refractivity contribution in [2.45, 2.75) is 37.7 Å². The number of pyridine rings is 1.